The maximum Gasteiger partial charge on any atom is 0.330 e. The Morgan fingerprint density at radius 2 is 1.85 bits per heavy atom. The number of Topliss-reactive ketones (excluding diaryl/α,β-unsaturated/α-hetero) is 1. The number of hydrogen-bond acceptors (Lipinski definition) is 11. The Balaban J connectivity index is 2.00. The molecule has 1 aromatic rings. The van der Waals surface area contributed by atoms with Gasteiger partial charge in [-0.25, -0.2) is 18.2 Å². The van der Waals surface area contributed by atoms with Crippen molar-refractivity contribution in [2.75, 3.05) is 38.5 Å². The molecule has 266 valence electrons. The summed E-state index contributed by atoms with van der Waals surface area (Å²) in [4.78, 5) is 60.3. The van der Waals surface area contributed by atoms with Gasteiger partial charge in [0.05, 0.1) is 23.5 Å². The number of aromatic nitrogens is 1. The lowest BCUT2D eigenvalue weighted by atomic mass is 9.94. The summed E-state index contributed by atoms with van der Waals surface area (Å²) in [6, 6.07) is -1.44. The summed E-state index contributed by atoms with van der Waals surface area (Å²) in [6.07, 6.45) is 6.68. The van der Waals surface area contributed by atoms with Crippen LogP contribution in [0, 0.1) is 11.8 Å². The number of amides is 2. The molecule has 0 unspecified atom stereocenters. The van der Waals surface area contributed by atoms with Gasteiger partial charge in [0.25, 0.3) is 5.91 Å². The second-order valence-electron chi connectivity index (χ2n) is 12.7. The zero-order valence-electron chi connectivity index (χ0n) is 28.8. The summed E-state index contributed by atoms with van der Waals surface area (Å²) in [5.74, 6) is -3.23. The van der Waals surface area contributed by atoms with Crippen LogP contribution in [-0.4, -0.2) is 114 Å². The lowest BCUT2D eigenvalue weighted by molar-refractivity contribution is -0.157. The number of allylic oxidation sites excluding steroid dienone is 2. The van der Waals surface area contributed by atoms with Gasteiger partial charge in [-0.05, 0) is 38.4 Å². The molecule has 1 saturated heterocycles. The first-order valence-electron chi connectivity index (χ1n) is 16.6. The molecule has 5 atom stereocenters. The van der Waals surface area contributed by atoms with Crippen LogP contribution in [0.25, 0.3) is 0 Å². The third-order valence-electron chi connectivity index (χ3n) is 8.66. The van der Waals surface area contributed by atoms with Crippen molar-refractivity contribution >= 4 is 33.4 Å². The van der Waals surface area contributed by atoms with Crippen LogP contribution in [0.15, 0.2) is 46.6 Å². The zero-order chi connectivity index (χ0) is 35.6. The van der Waals surface area contributed by atoms with Crippen molar-refractivity contribution in [2.24, 2.45) is 11.8 Å². The summed E-state index contributed by atoms with van der Waals surface area (Å²) in [5.41, 5.74) is 0.505. The Morgan fingerprint density at radius 1 is 1.15 bits per heavy atom. The summed E-state index contributed by atoms with van der Waals surface area (Å²) in [5, 5.41) is 11.9. The molecule has 14 heteroatoms. The first kappa shape index (κ1) is 38.8. The molecule has 0 aromatic carbocycles. The highest BCUT2D eigenvalue weighted by Crippen LogP contribution is 2.30. The molecule has 3 heterocycles. The smallest absolute Gasteiger partial charge is 0.330 e. The van der Waals surface area contributed by atoms with Crippen LogP contribution in [0.1, 0.15) is 70.8 Å². The van der Waals surface area contributed by atoms with E-state index in [2.05, 4.69) is 10.3 Å². The van der Waals surface area contributed by atoms with E-state index in [4.69, 9.17) is 9.15 Å². The summed E-state index contributed by atoms with van der Waals surface area (Å²) in [6.45, 7) is 12.9. The number of hydrogen-bond donors (Lipinski definition) is 2. The van der Waals surface area contributed by atoms with E-state index >= 15 is 0 Å². The van der Waals surface area contributed by atoms with E-state index in [9.17, 15) is 32.7 Å². The minimum atomic E-state index is -3.87. The number of nitrogens with zero attached hydrogens (tertiary/aromatic N) is 3. The topological polar surface area (TPSA) is 176 Å². The van der Waals surface area contributed by atoms with Crippen LogP contribution >= 0.6 is 0 Å². The Labute approximate surface area is 283 Å². The number of rotatable bonds is 7. The van der Waals surface area contributed by atoms with Crippen LogP contribution in [0.3, 0.4) is 0 Å². The number of fused-ring (bicyclic) bond motifs is 3. The molecule has 2 bridgehead atoms. The zero-order valence-corrected chi connectivity index (χ0v) is 29.6. The molecule has 13 nitrogen and oxygen atoms in total. The molecular weight excluding hydrogens is 640 g/mol. The van der Waals surface area contributed by atoms with Crippen LogP contribution in [-0.2, 0) is 35.4 Å². The first-order chi connectivity index (χ1) is 22.7. The molecule has 2 aliphatic rings. The monoisotopic (exact) mass is 690 g/mol. The highest BCUT2D eigenvalue weighted by molar-refractivity contribution is 7.92. The number of carbonyl (C=O) groups excluding carboxylic acids is 4. The van der Waals surface area contributed by atoms with Gasteiger partial charge in [-0.15, -0.1) is 0 Å². The lowest BCUT2D eigenvalue weighted by Crippen LogP contribution is -2.50. The molecule has 0 saturated carbocycles. The van der Waals surface area contributed by atoms with Crippen molar-refractivity contribution in [3.8, 4) is 0 Å². The van der Waals surface area contributed by atoms with Crippen molar-refractivity contribution in [3.05, 3.63) is 53.8 Å². The predicted octanol–water partition coefficient (Wildman–Crippen LogP) is 2.27. The molecule has 2 amide bonds. The molecule has 3 rings (SSSR count). The second kappa shape index (κ2) is 17.7. The van der Waals surface area contributed by atoms with Crippen LogP contribution in [0.5, 0.6) is 0 Å². The second-order valence-corrected chi connectivity index (χ2v) is 15.0. The van der Waals surface area contributed by atoms with Gasteiger partial charge in [-0.1, -0.05) is 64.5 Å². The normalized spacial score (nSPS) is 26.3. The molecule has 2 aliphatic heterocycles. The van der Waals surface area contributed by atoms with Crippen LogP contribution in [0.2, 0.25) is 0 Å². The quantitative estimate of drug-likeness (QED) is 0.402. The number of aliphatic hydroxyl groups is 1. The molecule has 2 N–H and O–H groups in total. The van der Waals surface area contributed by atoms with E-state index in [1.807, 2.05) is 32.6 Å². The van der Waals surface area contributed by atoms with Crippen molar-refractivity contribution in [1.82, 2.24) is 20.1 Å². The SMILES string of the molecule is CCN(CC)CCS(=O)(=O)[C@@H]1CCN2C(=O)c3coc(n3)CC(=O)C[C@H](O)C=C(C)C=CCNC(=O)/C=C/[C@@H](C)[C@@H](C(C)C)OC(=O)[C@@H]12. The number of cyclic esters (lactones) is 1. The maximum atomic E-state index is 14.0. The summed E-state index contributed by atoms with van der Waals surface area (Å²) in [7, 11) is -3.87. The molecule has 1 aromatic heterocycles. The fraction of sp³-hybridized carbons (Fsp3) is 0.618. The number of ketones is 1. The van der Waals surface area contributed by atoms with Gasteiger partial charge < -0.3 is 29.4 Å². The Hall–Kier alpha value is -3.62. The fourth-order valence-corrected chi connectivity index (χ4v) is 7.92. The van der Waals surface area contributed by atoms with Gasteiger partial charge >= 0.3 is 5.97 Å². The average Bonchev–Trinajstić information content (AvgIpc) is 3.68. The number of oxazole rings is 1. The van der Waals surface area contributed by atoms with Crippen molar-refractivity contribution in [3.63, 3.8) is 0 Å². The number of esters is 1. The molecule has 0 spiro atoms. The Bertz CT molecular complexity index is 1490. The third kappa shape index (κ3) is 10.7. The number of ether oxygens (including phenoxy) is 1. The van der Waals surface area contributed by atoms with Crippen molar-refractivity contribution in [1.29, 1.82) is 0 Å². The van der Waals surface area contributed by atoms with E-state index in [1.165, 1.54) is 12.2 Å². The number of nitrogens with one attached hydrogen (secondary N) is 1. The van der Waals surface area contributed by atoms with E-state index in [-0.39, 0.29) is 73.8 Å². The standard InChI is InChI=1S/C34H50N4O9S/c1-7-37(8-2)16-17-48(44,45)28-13-15-38-31(28)34(43)47-32(22(3)4)24(6)11-12-29(41)35-14-9-10-23(5)18-25(39)19-26(40)20-30-36-27(21-46-30)33(38)42/h9-12,18,21-22,24-25,28,31-32,39H,7-8,13-17,19-20H2,1-6H3,(H,35,41)/b10-9?,12-11+,23-18?/t24-,25-,28-,31-,32-/m1/s1. The number of carbonyl (C=O) groups is 4. The number of aliphatic hydroxyl groups excluding tert-OH is 1. The van der Waals surface area contributed by atoms with Crippen molar-refractivity contribution in [2.45, 2.75) is 84.3 Å². The Kier molecular flexibility index (Phi) is 14.3. The van der Waals surface area contributed by atoms with Gasteiger partial charge in [-0.2, -0.15) is 0 Å². The first-order valence-corrected chi connectivity index (χ1v) is 18.3. The van der Waals surface area contributed by atoms with E-state index in [0.717, 1.165) is 11.2 Å². The predicted molar refractivity (Wildman–Crippen MR) is 180 cm³/mol. The van der Waals surface area contributed by atoms with Gasteiger partial charge in [0.2, 0.25) is 11.8 Å². The molecule has 0 radical (unpaired) electrons. The minimum Gasteiger partial charge on any atom is -0.460 e. The average molecular weight is 691 g/mol. The van der Waals surface area contributed by atoms with Gasteiger partial charge in [0.1, 0.15) is 24.2 Å². The van der Waals surface area contributed by atoms with E-state index < -0.39 is 51.1 Å². The largest absolute Gasteiger partial charge is 0.460 e. The molecule has 48 heavy (non-hydrogen) atoms. The van der Waals surface area contributed by atoms with Crippen molar-refractivity contribution < 1.29 is 41.9 Å². The van der Waals surface area contributed by atoms with E-state index in [0.29, 0.717) is 18.7 Å². The maximum absolute atomic E-state index is 14.0. The number of sulfone groups is 1. The fourth-order valence-electron chi connectivity index (χ4n) is 5.99. The van der Waals surface area contributed by atoms with E-state index in [1.54, 1.807) is 32.1 Å². The molecule has 1 fully saturated rings. The third-order valence-corrected chi connectivity index (χ3v) is 10.8. The lowest BCUT2D eigenvalue weighted by Gasteiger charge is -2.31. The Morgan fingerprint density at radius 3 is 2.52 bits per heavy atom. The minimum absolute atomic E-state index is 0.0243. The summed E-state index contributed by atoms with van der Waals surface area (Å²) < 4.78 is 38.9. The molecule has 0 aliphatic carbocycles. The highest BCUT2D eigenvalue weighted by atomic mass is 32.2. The van der Waals surface area contributed by atoms with Crippen LogP contribution < -0.4 is 5.32 Å². The van der Waals surface area contributed by atoms with Crippen LogP contribution in [0.4, 0.5) is 0 Å². The molecular formula is C34H50N4O9S. The highest BCUT2D eigenvalue weighted by Gasteiger charge is 2.50. The van der Waals surface area contributed by atoms with Gasteiger partial charge in [0.15, 0.2) is 15.5 Å². The summed E-state index contributed by atoms with van der Waals surface area (Å²) >= 11 is 0. The van der Waals surface area contributed by atoms with Gasteiger partial charge in [-0.3, -0.25) is 14.4 Å². The van der Waals surface area contributed by atoms with Gasteiger partial charge in [0, 0.05) is 32.0 Å².